The molecule has 0 aromatic heterocycles. The summed E-state index contributed by atoms with van der Waals surface area (Å²) in [5.41, 5.74) is 0.256. The summed E-state index contributed by atoms with van der Waals surface area (Å²) < 4.78 is 6.55. The van der Waals surface area contributed by atoms with Crippen molar-refractivity contribution in [3.8, 4) is 0 Å². The molecule has 2 bridgehead atoms. The van der Waals surface area contributed by atoms with Gasteiger partial charge in [0.25, 0.3) is 5.91 Å². The van der Waals surface area contributed by atoms with E-state index in [0.29, 0.717) is 18.5 Å². The third-order valence-electron chi connectivity index (χ3n) is 8.56. The number of aryl methyl sites for hydroxylation is 2. The highest BCUT2D eigenvalue weighted by atomic mass is 16.5. The van der Waals surface area contributed by atoms with Gasteiger partial charge in [-0.15, -0.1) is 6.58 Å². The smallest absolute Gasteiger partial charge is 0.310 e. The first-order valence-corrected chi connectivity index (χ1v) is 12.3. The number of amides is 2. The lowest BCUT2D eigenvalue weighted by atomic mass is 9.62. The molecule has 4 rings (SSSR count). The van der Waals surface area contributed by atoms with E-state index in [0.717, 1.165) is 11.1 Å². The van der Waals surface area contributed by atoms with E-state index in [4.69, 9.17) is 4.74 Å². The number of ether oxygens (including phenoxy) is 1. The van der Waals surface area contributed by atoms with Gasteiger partial charge in [0.1, 0.15) is 17.6 Å². The van der Waals surface area contributed by atoms with Crippen molar-refractivity contribution in [3.05, 3.63) is 42.0 Å². The first-order chi connectivity index (χ1) is 16.5. The van der Waals surface area contributed by atoms with E-state index < -0.39 is 47.0 Å². The number of anilines is 1. The maximum Gasteiger partial charge on any atom is 0.310 e. The van der Waals surface area contributed by atoms with E-state index in [9.17, 15) is 24.6 Å². The van der Waals surface area contributed by atoms with Gasteiger partial charge in [0.15, 0.2) is 0 Å². The number of likely N-dealkylation sites (tertiary alicyclic amines) is 1. The molecule has 1 spiro atoms. The first kappa shape index (κ1) is 25.4. The molecule has 8 heteroatoms. The molecule has 3 fully saturated rings. The van der Waals surface area contributed by atoms with Crippen molar-refractivity contribution < 1.29 is 29.3 Å². The molecule has 2 N–H and O–H groups in total. The van der Waals surface area contributed by atoms with Gasteiger partial charge < -0.3 is 24.7 Å². The number of aliphatic hydroxyl groups is 1. The molecule has 35 heavy (non-hydrogen) atoms. The Morgan fingerprint density at radius 1 is 1.37 bits per heavy atom. The van der Waals surface area contributed by atoms with E-state index in [1.165, 1.54) is 4.90 Å². The van der Waals surface area contributed by atoms with Crippen molar-refractivity contribution in [3.63, 3.8) is 0 Å². The highest BCUT2D eigenvalue weighted by molar-refractivity contribution is 6.05. The number of carboxylic acids is 1. The molecule has 3 aliphatic heterocycles. The molecule has 2 amide bonds. The number of rotatable bonds is 8. The second kappa shape index (κ2) is 8.75. The third kappa shape index (κ3) is 3.44. The fourth-order valence-electron chi connectivity index (χ4n) is 6.73. The number of aliphatic carboxylic acids is 1. The van der Waals surface area contributed by atoms with E-state index in [2.05, 4.69) is 6.58 Å². The van der Waals surface area contributed by atoms with E-state index in [-0.39, 0.29) is 25.0 Å². The molecule has 0 aliphatic carbocycles. The van der Waals surface area contributed by atoms with Crippen LogP contribution >= 0.6 is 0 Å². The van der Waals surface area contributed by atoms with Gasteiger partial charge in [0.05, 0.1) is 24.2 Å². The maximum atomic E-state index is 14.5. The monoisotopic (exact) mass is 484 g/mol. The minimum absolute atomic E-state index is 0.161. The van der Waals surface area contributed by atoms with E-state index >= 15 is 0 Å². The van der Waals surface area contributed by atoms with Gasteiger partial charge in [-0.3, -0.25) is 14.4 Å². The third-order valence-corrected chi connectivity index (χ3v) is 8.56. The molecular weight excluding hydrogens is 448 g/mol. The standard InChI is InChI=1S/C27H36N2O6/c1-7-11-28(19-12-15(3)9-10-16(19)4)24(32)22-27-13-17(5)26(6,35-27)21(25(33)34)20(27)23(31)29(22)18(8-2)14-30/h7,9-10,12,17-18,20-22,30H,1,8,11,13-14H2,2-6H3,(H,33,34)/t17?,18-,20-,21-,22?,26+,27?/m0/s1. The number of benzene rings is 1. The van der Waals surface area contributed by atoms with E-state index in [1.807, 2.05) is 45.9 Å². The van der Waals surface area contributed by atoms with Crippen LogP contribution in [0, 0.1) is 31.6 Å². The number of nitrogens with zero attached hydrogens (tertiary/aromatic N) is 2. The minimum atomic E-state index is -1.27. The van der Waals surface area contributed by atoms with Crippen LogP contribution in [0.15, 0.2) is 30.9 Å². The number of carbonyl (C=O) groups is 3. The van der Waals surface area contributed by atoms with Crippen LogP contribution in [0.25, 0.3) is 0 Å². The molecular formula is C27H36N2O6. The van der Waals surface area contributed by atoms with Crippen molar-refractivity contribution >= 4 is 23.5 Å². The average Bonchev–Trinajstić information content (AvgIpc) is 3.32. The van der Waals surface area contributed by atoms with Crippen LogP contribution in [-0.2, 0) is 19.1 Å². The van der Waals surface area contributed by atoms with Gasteiger partial charge in [-0.05, 0) is 56.7 Å². The molecule has 190 valence electrons. The Kier molecular flexibility index (Phi) is 6.34. The minimum Gasteiger partial charge on any atom is -0.481 e. The number of fused-ring (bicyclic) bond motifs is 1. The average molecular weight is 485 g/mol. The molecule has 3 unspecified atom stereocenters. The second-order valence-corrected chi connectivity index (χ2v) is 10.6. The predicted molar refractivity (Wildman–Crippen MR) is 131 cm³/mol. The highest BCUT2D eigenvalue weighted by Gasteiger charge is 2.80. The Morgan fingerprint density at radius 3 is 2.63 bits per heavy atom. The normalized spacial score (nSPS) is 34.1. The summed E-state index contributed by atoms with van der Waals surface area (Å²) in [6.07, 6.45) is 2.45. The topological polar surface area (TPSA) is 107 Å². The Morgan fingerprint density at radius 2 is 2.06 bits per heavy atom. The van der Waals surface area contributed by atoms with Crippen LogP contribution in [-0.4, -0.2) is 69.3 Å². The van der Waals surface area contributed by atoms with Crippen LogP contribution in [0.1, 0.15) is 44.7 Å². The lowest BCUT2D eigenvalue weighted by Crippen LogP contribution is -2.59. The van der Waals surface area contributed by atoms with Gasteiger partial charge in [-0.2, -0.15) is 0 Å². The molecule has 1 aromatic carbocycles. The van der Waals surface area contributed by atoms with Gasteiger partial charge in [0, 0.05) is 12.2 Å². The van der Waals surface area contributed by atoms with Crippen LogP contribution in [0.4, 0.5) is 5.69 Å². The summed E-state index contributed by atoms with van der Waals surface area (Å²) in [7, 11) is 0. The Balaban J connectivity index is 1.91. The van der Waals surface area contributed by atoms with Crippen molar-refractivity contribution in [1.29, 1.82) is 0 Å². The molecule has 0 radical (unpaired) electrons. The first-order valence-electron chi connectivity index (χ1n) is 12.3. The summed E-state index contributed by atoms with van der Waals surface area (Å²) in [6.45, 7) is 13.1. The molecule has 3 aliphatic rings. The van der Waals surface area contributed by atoms with Crippen LogP contribution in [0.3, 0.4) is 0 Å². The summed E-state index contributed by atoms with van der Waals surface area (Å²) >= 11 is 0. The number of hydrogen-bond acceptors (Lipinski definition) is 5. The highest BCUT2D eigenvalue weighted by Crippen LogP contribution is 2.65. The molecule has 7 atom stereocenters. The predicted octanol–water partition coefficient (Wildman–Crippen LogP) is 2.69. The van der Waals surface area contributed by atoms with Gasteiger partial charge in [-0.1, -0.05) is 32.1 Å². The fraction of sp³-hybridized carbons (Fsp3) is 0.593. The Bertz CT molecular complexity index is 1070. The van der Waals surface area contributed by atoms with Crippen LogP contribution in [0.5, 0.6) is 0 Å². The summed E-state index contributed by atoms with van der Waals surface area (Å²) in [4.78, 5) is 43.9. The van der Waals surface area contributed by atoms with E-state index in [1.54, 1.807) is 17.9 Å². The molecule has 8 nitrogen and oxygen atoms in total. The number of carboxylic acid groups (broad SMARTS) is 1. The lowest BCUT2D eigenvalue weighted by Gasteiger charge is -2.39. The Labute approximate surface area is 206 Å². The summed E-state index contributed by atoms with van der Waals surface area (Å²) in [5, 5.41) is 20.3. The number of hydrogen-bond donors (Lipinski definition) is 2. The zero-order chi connectivity index (χ0) is 25.9. The molecule has 1 aromatic rings. The zero-order valence-electron chi connectivity index (χ0n) is 21.2. The van der Waals surface area contributed by atoms with Crippen molar-refractivity contribution in [2.24, 2.45) is 17.8 Å². The number of carbonyl (C=O) groups excluding carboxylic acids is 2. The van der Waals surface area contributed by atoms with Crippen LogP contribution < -0.4 is 4.90 Å². The largest absolute Gasteiger partial charge is 0.481 e. The second-order valence-electron chi connectivity index (χ2n) is 10.6. The quantitative estimate of drug-likeness (QED) is 0.550. The molecule has 3 heterocycles. The van der Waals surface area contributed by atoms with Crippen molar-refractivity contribution in [2.45, 2.75) is 70.7 Å². The SMILES string of the molecule is C=CCN(C(=O)C1N([C@@H](CC)CO)C(=O)[C@@H]2[C@@H](C(=O)O)[C@]3(C)OC12CC3C)c1cc(C)ccc1C. The van der Waals surface area contributed by atoms with Crippen LogP contribution in [0.2, 0.25) is 0 Å². The molecule has 0 saturated carbocycles. The van der Waals surface area contributed by atoms with Gasteiger partial charge in [0.2, 0.25) is 5.91 Å². The van der Waals surface area contributed by atoms with Crippen molar-refractivity contribution in [2.75, 3.05) is 18.1 Å². The van der Waals surface area contributed by atoms with Gasteiger partial charge >= 0.3 is 5.97 Å². The summed E-state index contributed by atoms with van der Waals surface area (Å²) in [6, 6.07) is 4.16. The fourth-order valence-corrected chi connectivity index (χ4v) is 6.73. The number of aliphatic hydroxyl groups excluding tert-OH is 1. The van der Waals surface area contributed by atoms with Gasteiger partial charge in [-0.25, -0.2) is 0 Å². The summed E-state index contributed by atoms with van der Waals surface area (Å²) in [5.74, 6) is -4.08. The van der Waals surface area contributed by atoms with Crippen molar-refractivity contribution in [1.82, 2.24) is 4.90 Å². The zero-order valence-corrected chi connectivity index (χ0v) is 21.2. The maximum absolute atomic E-state index is 14.5. The Hall–Kier alpha value is -2.71. The lowest BCUT2D eigenvalue weighted by molar-refractivity contribution is -0.157. The molecule has 3 saturated heterocycles.